The molecule has 1 aromatic heterocycles. The van der Waals surface area contributed by atoms with E-state index in [2.05, 4.69) is 25.3 Å². The number of aromatic nitrogens is 1. The van der Waals surface area contributed by atoms with Gasteiger partial charge in [-0.1, -0.05) is 20.8 Å². The Morgan fingerprint density at radius 2 is 2.00 bits per heavy atom. The lowest BCUT2D eigenvalue weighted by atomic mass is 9.83. The summed E-state index contributed by atoms with van der Waals surface area (Å²) in [6.45, 7) is 9.44. The van der Waals surface area contributed by atoms with E-state index in [1.807, 2.05) is 12.1 Å². The van der Waals surface area contributed by atoms with Crippen LogP contribution in [0.25, 0.3) is 0 Å². The fourth-order valence-corrected chi connectivity index (χ4v) is 3.27. The molecule has 0 fully saturated rings. The number of ether oxygens (including phenoxy) is 1. The number of nitrogens with zero attached hydrogens (tertiary/aromatic N) is 2. The third-order valence-electron chi connectivity index (χ3n) is 4.12. The molecular weight excluding hydrogens is 312 g/mol. The Kier molecular flexibility index (Phi) is 5.54. The zero-order chi connectivity index (χ0) is 17.9. The van der Waals surface area contributed by atoms with Gasteiger partial charge in [-0.25, -0.2) is 4.79 Å². The summed E-state index contributed by atoms with van der Waals surface area (Å²) in [5.74, 6) is -0.202. The van der Waals surface area contributed by atoms with Crippen LogP contribution in [0.2, 0.25) is 0 Å². The van der Waals surface area contributed by atoms with Crippen molar-refractivity contribution in [1.29, 1.82) is 0 Å². The van der Waals surface area contributed by atoms with Gasteiger partial charge in [0.2, 0.25) is 0 Å². The average Bonchev–Trinajstić information content (AvgIpc) is 2.86. The van der Waals surface area contributed by atoms with E-state index in [0.29, 0.717) is 32.5 Å². The van der Waals surface area contributed by atoms with Gasteiger partial charge >= 0.3 is 12.1 Å². The number of hydrogen-bond acceptors (Lipinski definition) is 5. The normalized spacial score (nSPS) is 18.1. The molecule has 7 heteroatoms. The van der Waals surface area contributed by atoms with E-state index in [-0.39, 0.29) is 17.4 Å². The molecule has 2 heterocycles. The van der Waals surface area contributed by atoms with Gasteiger partial charge in [0.1, 0.15) is 0 Å². The predicted molar refractivity (Wildman–Crippen MR) is 87.4 cm³/mol. The fraction of sp³-hybridized carbons (Fsp3) is 0.647. The fourth-order valence-electron chi connectivity index (χ4n) is 3.27. The largest absolute Gasteiger partial charge is 0.525 e. The maximum atomic E-state index is 11.6. The van der Waals surface area contributed by atoms with Crippen molar-refractivity contribution in [2.24, 2.45) is 5.41 Å². The van der Waals surface area contributed by atoms with Crippen LogP contribution in [0.1, 0.15) is 51.5 Å². The summed E-state index contributed by atoms with van der Waals surface area (Å²) in [5, 5.41) is 10.5. The van der Waals surface area contributed by atoms with Gasteiger partial charge in [-0.05, 0) is 30.9 Å². The molecule has 0 radical (unpaired) electrons. The van der Waals surface area contributed by atoms with Crippen molar-refractivity contribution in [3.8, 4) is 0 Å². The van der Waals surface area contributed by atoms with Crippen molar-refractivity contribution in [2.45, 2.75) is 53.1 Å². The summed E-state index contributed by atoms with van der Waals surface area (Å²) < 4.78 is 7.14. The molecule has 0 aliphatic carbocycles. The van der Waals surface area contributed by atoms with E-state index in [0.717, 1.165) is 11.4 Å². The molecule has 0 amide bonds. The predicted octanol–water partition coefficient (Wildman–Crippen LogP) is 3.00. The quantitative estimate of drug-likeness (QED) is 0.831. The van der Waals surface area contributed by atoms with Gasteiger partial charge in [0, 0.05) is 17.9 Å². The first-order valence-corrected chi connectivity index (χ1v) is 8.25. The number of carbonyl (C=O) groups is 2. The molecule has 0 bridgehead atoms. The van der Waals surface area contributed by atoms with Crippen molar-refractivity contribution in [3.63, 3.8) is 0 Å². The lowest BCUT2D eigenvalue weighted by Gasteiger charge is -2.42. The van der Waals surface area contributed by atoms with Crippen LogP contribution in [-0.2, 0) is 27.3 Å². The van der Waals surface area contributed by atoms with Crippen molar-refractivity contribution in [1.82, 2.24) is 9.63 Å². The topological polar surface area (TPSA) is 81.0 Å². The van der Waals surface area contributed by atoms with Gasteiger partial charge in [0.05, 0.1) is 25.6 Å². The van der Waals surface area contributed by atoms with Gasteiger partial charge < -0.3 is 19.2 Å². The summed E-state index contributed by atoms with van der Waals surface area (Å²) in [6, 6.07) is 3.81. The van der Waals surface area contributed by atoms with E-state index in [1.54, 1.807) is 6.92 Å². The molecule has 7 nitrogen and oxygen atoms in total. The molecule has 1 aliphatic heterocycles. The first-order chi connectivity index (χ1) is 11.2. The summed E-state index contributed by atoms with van der Waals surface area (Å²) >= 11 is 0. The summed E-state index contributed by atoms with van der Waals surface area (Å²) in [5.41, 5.74) is 1.86. The molecule has 1 unspecified atom stereocenters. The Morgan fingerprint density at radius 3 is 2.58 bits per heavy atom. The minimum atomic E-state index is -1.30. The van der Waals surface area contributed by atoms with Gasteiger partial charge in [-0.3, -0.25) is 4.79 Å². The van der Waals surface area contributed by atoms with Crippen LogP contribution < -0.4 is 0 Å². The second-order valence-electron chi connectivity index (χ2n) is 6.97. The highest BCUT2D eigenvalue weighted by Crippen LogP contribution is 2.41. The van der Waals surface area contributed by atoms with Crippen molar-refractivity contribution >= 4 is 12.1 Å². The Labute approximate surface area is 142 Å². The van der Waals surface area contributed by atoms with E-state index in [1.165, 1.54) is 5.06 Å². The number of esters is 1. The maximum Gasteiger partial charge on any atom is 0.525 e. The van der Waals surface area contributed by atoms with E-state index in [9.17, 15) is 9.59 Å². The number of hydroxylamine groups is 2. The van der Waals surface area contributed by atoms with Crippen LogP contribution >= 0.6 is 0 Å². The molecule has 1 aromatic rings. The summed E-state index contributed by atoms with van der Waals surface area (Å²) in [7, 11) is 0. The molecule has 0 aromatic carbocycles. The monoisotopic (exact) mass is 338 g/mol. The van der Waals surface area contributed by atoms with Crippen LogP contribution in [0.3, 0.4) is 0 Å². The zero-order valence-electron chi connectivity index (χ0n) is 14.7. The number of aryl methyl sites for hydroxylation is 1. The summed E-state index contributed by atoms with van der Waals surface area (Å²) in [6.07, 6.45) is -0.353. The van der Waals surface area contributed by atoms with Gasteiger partial charge in [-0.15, -0.1) is 5.06 Å². The number of rotatable bonds is 5. The Hall–Kier alpha value is -2.02. The second-order valence-corrected chi connectivity index (χ2v) is 6.97. The van der Waals surface area contributed by atoms with Crippen molar-refractivity contribution in [3.05, 3.63) is 23.5 Å². The zero-order valence-corrected chi connectivity index (χ0v) is 14.7. The smallest absolute Gasteiger partial charge is 0.466 e. The first kappa shape index (κ1) is 18.3. The lowest BCUT2D eigenvalue weighted by Crippen LogP contribution is -2.44. The van der Waals surface area contributed by atoms with Crippen LogP contribution in [0, 0.1) is 5.41 Å². The molecule has 24 heavy (non-hydrogen) atoms. The van der Waals surface area contributed by atoms with E-state index >= 15 is 0 Å². The molecule has 0 spiro atoms. The Morgan fingerprint density at radius 1 is 1.29 bits per heavy atom. The van der Waals surface area contributed by atoms with E-state index < -0.39 is 6.16 Å². The van der Waals surface area contributed by atoms with Crippen LogP contribution in [0.15, 0.2) is 12.1 Å². The molecule has 134 valence electrons. The molecule has 0 saturated carbocycles. The van der Waals surface area contributed by atoms with Gasteiger partial charge in [0.25, 0.3) is 0 Å². The SMILES string of the molecule is CCOC(=O)CCc1ccc2n1CCN(OC(=O)O)C2C(C)(C)C. The molecule has 2 rings (SSSR count). The minimum absolute atomic E-state index is 0.182. The second kappa shape index (κ2) is 7.25. The number of hydrogen-bond donors (Lipinski definition) is 1. The van der Waals surface area contributed by atoms with Gasteiger partial charge in [0.15, 0.2) is 0 Å². The maximum absolute atomic E-state index is 11.6. The van der Waals surface area contributed by atoms with Crippen LogP contribution in [0.4, 0.5) is 4.79 Å². The standard InChI is InChI=1S/C17H26N2O5/c1-5-23-14(20)9-7-12-6-8-13-15(17(2,3)4)19(24-16(21)22)11-10-18(12)13/h6,8,15H,5,7,9-11H2,1-4H3,(H,21,22). The first-order valence-electron chi connectivity index (χ1n) is 8.25. The Bertz CT molecular complexity index is 603. The minimum Gasteiger partial charge on any atom is -0.466 e. The van der Waals surface area contributed by atoms with Crippen molar-refractivity contribution < 1.29 is 24.3 Å². The molecule has 1 atom stereocenters. The Balaban J connectivity index is 2.22. The highest BCUT2D eigenvalue weighted by atomic mass is 16.8. The van der Waals surface area contributed by atoms with Gasteiger partial charge in [-0.2, -0.15) is 0 Å². The molecule has 1 N–H and O–H groups in total. The molecular formula is C17H26N2O5. The number of carbonyl (C=O) groups excluding carboxylic acids is 1. The van der Waals surface area contributed by atoms with Crippen LogP contribution in [0.5, 0.6) is 0 Å². The van der Waals surface area contributed by atoms with E-state index in [4.69, 9.17) is 14.7 Å². The summed E-state index contributed by atoms with van der Waals surface area (Å²) in [4.78, 5) is 27.5. The van der Waals surface area contributed by atoms with Crippen LogP contribution in [-0.4, -0.2) is 40.0 Å². The molecule has 0 saturated heterocycles. The highest BCUT2D eigenvalue weighted by molar-refractivity contribution is 5.69. The lowest BCUT2D eigenvalue weighted by molar-refractivity contribution is -0.183. The molecule has 1 aliphatic rings. The third kappa shape index (κ3) is 4.08. The van der Waals surface area contributed by atoms with Crippen molar-refractivity contribution in [2.75, 3.05) is 13.2 Å². The number of fused-ring (bicyclic) bond motifs is 1. The third-order valence-corrected chi connectivity index (χ3v) is 4.12. The average molecular weight is 338 g/mol. The highest BCUT2D eigenvalue weighted by Gasteiger charge is 2.39. The number of carboxylic acid groups (broad SMARTS) is 1.